The van der Waals surface area contributed by atoms with E-state index in [-0.39, 0.29) is 12.6 Å². The second-order valence-electron chi connectivity index (χ2n) is 9.46. The minimum atomic E-state index is -0.572. The number of nitrogens with one attached hydrogen (secondary N) is 1. The van der Waals surface area contributed by atoms with Crippen LogP contribution in [0.1, 0.15) is 46.6 Å². The molecule has 3 rings (SSSR count). The average molecular weight is 415 g/mol. The zero-order valence-electron chi connectivity index (χ0n) is 19.0. The summed E-state index contributed by atoms with van der Waals surface area (Å²) < 4.78 is 17.7. The van der Waals surface area contributed by atoms with Gasteiger partial charge >= 0.3 is 5.97 Å². The molecule has 6 nitrogen and oxygen atoms in total. The minimum absolute atomic E-state index is 0.109. The Bertz CT molecular complexity index is 836. The zero-order valence-corrected chi connectivity index (χ0v) is 19.0. The fraction of sp³-hybridized carbons (Fsp3) is 0.583. The molecule has 2 aliphatic rings. The summed E-state index contributed by atoms with van der Waals surface area (Å²) in [4.78, 5) is 17.2. The molecule has 0 unspecified atom stereocenters. The van der Waals surface area contributed by atoms with E-state index in [0.29, 0.717) is 19.1 Å². The maximum atomic E-state index is 12.3. The lowest BCUT2D eigenvalue weighted by atomic mass is 9.97. The van der Waals surface area contributed by atoms with Crippen LogP contribution in [-0.2, 0) is 19.0 Å². The quantitative estimate of drug-likeness (QED) is 0.678. The lowest BCUT2D eigenvalue weighted by Gasteiger charge is -2.31. The van der Waals surface area contributed by atoms with Gasteiger partial charge in [-0.15, -0.1) is 0 Å². The third-order valence-electron chi connectivity index (χ3n) is 5.09. The first-order valence-electron chi connectivity index (χ1n) is 10.7. The number of aryl methyl sites for hydroxylation is 1. The number of esters is 1. The van der Waals surface area contributed by atoms with Crippen LogP contribution in [0.5, 0.6) is 0 Å². The Kier molecular flexibility index (Phi) is 6.98. The van der Waals surface area contributed by atoms with Gasteiger partial charge in [-0.2, -0.15) is 0 Å². The fourth-order valence-electron chi connectivity index (χ4n) is 3.22. The number of carbonyl (C=O) groups excluding carboxylic acids is 1. The van der Waals surface area contributed by atoms with E-state index in [9.17, 15) is 4.79 Å². The van der Waals surface area contributed by atoms with Crippen LogP contribution in [0.4, 0.5) is 11.4 Å². The van der Waals surface area contributed by atoms with Gasteiger partial charge in [0.1, 0.15) is 12.7 Å². The number of nitrogens with zero attached hydrogens (tertiary/aromatic N) is 1. The predicted molar refractivity (Wildman–Crippen MR) is 119 cm³/mol. The molecule has 0 spiro atoms. The number of hydrogen-bond acceptors (Lipinski definition) is 6. The highest BCUT2D eigenvalue weighted by molar-refractivity contribution is 6.07. The summed E-state index contributed by atoms with van der Waals surface area (Å²) in [6, 6.07) is 6.12. The standard InChI is InChI=1S/C24H34N2O4/c1-15(2)9-10-28-21-12-17-13-25-19-11-16(3)7-8-18(19)26-22(17)20(30-21)14-29-23(27)24(4,5)6/h7-8,11-12,15,20-21,25H,9-10,13-14H2,1-6H3/t20-,21+/m1/s1. The van der Waals surface area contributed by atoms with Gasteiger partial charge in [-0.25, -0.2) is 4.99 Å². The highest BCUT2D eigenvalue weighted by Crippen LogP contribution is 2.32. The maximum absolute atomic E-state index is 12.3. The molecule has 30 heavy (non-hydrogen) atoms. The fourth-order valence-corrected chi connectivity index (χ4v) is 3.22. The molecule has 2 heterocycles. The number of benzene rings is 1. The monoisotopic (exact) mass is 414 g/mol. The third-order valence-corrected chi connectivity index (χ3v) is 5.09. The molecule has 164 valence electrons. The van der Waals surface area contributed by atoms with Crippen molar-refractivity contribution in [3.05, 3.63) is 35.4 Å². The SMILES string of the molecule is Cc1ccc2c(c1)NCC1=C[C@@H](OCCC(C)C)O[C@H](COC(=O)C(C)(C)C)C1=N2. The normalized spacial score (nSPS) is 21.0. The smallest absolute Gasteiger partial charge is 0.311 e. The van der Waals surface area contributed by atoms with Gasteiger partial charge in [0.15, 0.2) is 6.29 Å². The number of rotatable bonds is 6. The minimum Gasteiger partial charge on any atom is -0.462 e. The molecule has 0 fully saturated rings. The summed E-state index contributed by atoms with van der Waals surface area (Å²) >= 11 is 0. The molecule has 2 aliphatic heterocycles. The first-order valence-corrected chi connectivity index (χ1v) is 10.7. The Morgan fingerprint density at radius 2 is 2.10 bits per heavy atom. The summed E-state index contributed by atoms with van der Waals surface area (Å²) in [5.74, 6) is 0.294. The average Bonchev–Trinajstić information content (AvgIpc) is 2.84. The number of ether oxygens (including phenoxy) is 3. The van der Waals surface area contributed by atoms with E-state index < -0.39 is 17.8 Å². The van der Waals surface area contributed by atoms with Gasteiger partial charge in [0.2, 0.25) is 0 Å². The van der Waals surface area contributed by atoms with Gasteiger partial charge in [0.25, 0.3) is 0 Å². The Morgan fingerprint density at radius 1 is 1.33 bits per heavy atom. The molecule has 1 aromatic carbocycles. The molecule has 0 aliphatic carbocycles. The molecule has 1 N–H and O–H groups in total. The van der Waals surface area contributed by atoms with Crippen molar-refractivity contribution < 1.29 is 19.0 Å². The topological polar surface area (TPSA) is 69.2 Å². The largest absolute Gasteiger partial charge is 0.462 e. The lowest BCUT2D eigenvalue weighted by Crippen LogP contribution is -2.41. The van der Waals surface area contributed by atoms with Crippen LogP contribution in [0.15, 0.2) is 34.8 Å². The van der Waals surface area contributed by atoms with Crippen LogP contribution < -0.4 is 5.32 Å². The van der Waals surface area contributed by atoms with Gasteiger partial charge in [-0.3, -0.25) is 4.79 Å². The van der Waals surface area contributed by atoms with Crippen molar-refractivity contribution in [2.75, 3.05) is 25.1 Å². The van der Waals surface area contributed by atoms with E-state index in [2.05, 4.69) is 32.2 Å². The highest BCUT2D eigenvalue weighted by atomic mass is 16.7. The molecule has 1 aromatic rings. The van der Waals surface area contributed by atoms with E-state index in [4.69, 9.17) is 19.2 Å². The molecule has 0 bridgehead atoms. The van der Waals surface area contributed by atoms with E-state index >= 15 is 0 Å². The van der Waals surface area contributed by atoms with Crippen LogP contribution in [0, 0.1) is 18.3 Å². The van der Waals surface area contributed by atoms with Gasteiger partial charge in [0, 0.05) is 6.54 Å². The number of carbonyl (C=O) groups is 1. The molecule has 6 heteroatoms. The van der Waals surface area contributed by atoms with E-state index in [1.807, 2.05) is 39.0 Å². The van der Waals surface area contributed by atoms with Crippen molar-refractivity contribution in [1.29, 1.82) is 0 Å². The number of fused-ring (bicyclic) bond motifs is 2. The van der Waals surface area contributed by atoms with Crippen molar-refractivity contribution in [2.24, 2.45) is 16.3 Å². The molecule has 0 aromatic heterocycles. The van der Waals surface area contributed by atoms with Crippen LogP contribution >= 0.6 is 0 Å². The van der Waals surface area contributed by atoms with Crippen molar-refractivity contribution in [3.8, 4) is 0 Å². The number of anilines is 1. The van der Waals surface area contributed by atoms with Crippen molar-refractivity contribution in [1.82, 2.24) is 0 Å². The van der Waals surface area contributed by atoms with Crippen LogP contribution in [-0.4, -0.2) is 43.8 Å². The summed E-state index contributed by atoms with van der Waals surface area (Å²) in [5.41, 5.74) is 4.24. The third kappa shape index (κ3) is 5.70. The lowest BCUT2D eigenvalue weighted by molar-refractivity contribution is -0.166. The first kappa shape index (κ1) is 22.5. The van der Waals surface area contributed by atoms with Crippen LogP contribution in [0.3, 0.4) is 0 Å². The maximum Gasteiger partial charge on any atom is 0.311 e. The molecule has 0 amide bonds. The van der Waals surface area contributed by atoms with Gasteiger partial charge < -0.3 is 19.5 Å². The molecule has 0 saturated heterocycles. The van der Waals surface area contributed by atoms with Crippen molar-refractivity contribution in [2.45, 2.75) is 60.4 Å². The molecular formula is C24H34N2O4. The zero-order chi connectivity index (χ0) is 21.9. The molecular weight excluding hydrogens is 380 g/mol. The van der Waals surface area contributed by atoms with E-state index in [1.54, 1.807) is 0 Å². The van der Waals surface area contributed by atoms with Crippen molar-refractivity contribution in [3.63, 3.8) is 0 Å². The number of hydrogen-bond donors (Lipinski definition) is 1. The summed E-state index contributed by atoms with van der Waals surface area (Å²) in [6.45, 7) is 13.2. The second-order valence-corrected chi connectivity index (χ2v) is 9.46. The molecule has 0 radical (unpaired) electrons. The molecule has 0 saturated carbocycles. The van der Waals surface area contributed by atoms with E-state index in [0.717, 1.165) is 29.1 Å². The van der Waals surface area contributed by atoms with Gasteiger partial charge in [-0.1, -0.05) is 19.9 Å². The second kappa shape index (κ2) is 9.31. The van der Waals surface area contributed by atoms with E-state index in [1.165, 1.54) is 5.56 Å². The first-order chi connectivity index (χ1) is 14.1. The van der Waals surface area contributed by atoms with Gasteiger partial charge in [0.05, 0.1) is 29.1 Å². The van der Waals surface area contributed by atoms with Crippen LogP contribution in [0.2, 0.25) is 0 Å². The summed E-state index contributed by atoms with van der Waals surface area (Å²) in [5, 5.41) is 3.47. The van der Waals surface area contributed by atoms with Gasteiger partial charge in [-0.05, 0) is 69.4 Å². The van der Waals surface area contributed by atoms with Crippen LogP contribution in [0.25, 0.3) is 0 Å². The Hall–Kier alpha value is -2.18. The Labute approximate surface area is 179 Å². The highest BCUT2D eigenvalue weighted by Gasteiger charge is 2.33. The number of aliphatic imine (C=N–C) groups is 1. The summed E-state index contributed by atoms with van der Waals surface area (Å²) in [6.07, 6.45) is 1.97. The predicted octanol–water partition coefficient (Wildman–Crippen LogP) is 4.80. The Morgan fingerprint density at radius 3 is 2.80 bits per heavy atom. The summed E-state index contributed by atoms with van der Waals surface area (Å²) in [7, 11) is 0. The van der Waals surface area contributed by atoms with Crippen molar-refractivity contribution >= 4 is 23.1 Å². The Balaban J connectivity index is 1.84. The molecule has 2 atom stereocenters.